The predicted molar refractivity (Wildman–Crippen MR) is 41.2 cm³/mol. The number of hydrogen-bond donors (Lipinski definition) is 0. The minimum absolute atomic E-state index is 0. The van der Waals surface area contributed by atoms with Gasteiger partial charge < -0.3 is 6.42 Å². The SMILES string of the molecule is CCCC1CC[CH-]CC1.[Rb+].[Rb+]. The van der Waals surface area contributed by atoms with Gasteiger partial charge in [-0.15, -0.1) is 0 Å². The Kier molecular flexibility index (Phi) is 18.1. The van der Waals surface area contributed by atoms with E-state index in [1.54, 1.807) is 0 Å². The third-order valence-corrected chi connectivity index (χ3v) is 2.26. The summed E-state index contributed by atoms with van der Waals surface area (Å²) < 4.78 is 0. The first-order valence-corrected chi connectivity index (χ1v) is 4.25. The largest absolute Gasteiger partial charge is 1.00 e. The van der Waals surface area contributed by atoms with E-state index in [1.807, 2.05) is 0 Å². The van der Waals surface area contributed by atoms with Crippen LogP contribution in [0.25, 0.3) is 0 Å². The molecule has 1 rings (SSSR count). The fourth-order valence-electron chi connectivity index (χ4n) is 1.69. The van der Waals surface area contributed by atoms with E-state index in [9.17, 15) is 0 Å². The third kappa shape index (κ3) is 8.59. The zero-order valence-corrected chi connectivity index (χ0v) is 18.2. The van der Waals surface area contributed by atoms with Gasteiger partial charge in [0.2, 0.25) is 0 Å². The van der Waals surface area contributed by atoms with Gasteiger partial charge in [0, 0.05) is 0 Å². The molecule has 0 atom stereocenters. The van der Waals surface area contributed by atoms with Crippen LogP contribution in [0.4, 0.5) is 0 Å². The molecule has 0 aromatic heterocycles. The maximum Gasteiger partial charge on any atom is 1.00 e. The van der Waals surface area contributed by atoms with Crippen LogP contribution in [0, 0.1) is 12.3 Å². The van der Waals surface area contributed by atoms with E-state index in [0.29, 0.717) is 0 Å². The summed E-state index contributed by atoms with van der Waals surface area (Å²) in [6.45, 7) is 2.29. The Morgan fingerprint density at radius 2 is 1.73 bits per heavy atom. The first kappa shape index (κ1) is 17.0. The normalized spacial score (nSPS) is 18.3. The van der Waals surface area contributed by atoms with Gasteiger partial charge in [-0.3, -0.25) is 0 Å². The van der Waals surface area contributed by atoms with E-state index in [4.69, 9.17) is 0 Å². The third-order valence-electron chi connectivity index (χ3n) is 2.26. The van der Waals surface area contributed by atoms with Crippen molar-refractivity contribution < 1.29 is 116 Å². The molecule has 54 valence electrons. The van der Waals surface area contributed by atoms with Crippen molar-refractivity contribution in [2.24, 2.45) is 5.92 Å². The molecular formula is C9H17Rb2+. The van der Waals surface area contributed by atoms with Crippen LogP contribution in [0.3, 0.4) is 0 Å². The monoisotopic (exact) mass is 295 g/mol. The van der Waals surface area contributed by atoms with Crippen LogP contribution in [0.15, 0.2) is 0 Å². The van der Waals surface area contributed by atoms with Gasteiger partial charge in [0.15, 0.2) is 0 Å². The van der Waals surface area contributed by atoms with Crippen LogP contribution in [0.5, 0.6) is 0 Å². The molecule has 2 heteroatoms. The molecule has 0 nitrogen and oxygen atoms in total. The summed E-state index contributed by atoms with van der Waals surface area (Å²) in [5.74, 6) is 1.07. The topological polar surface area (TPSA) is 0 Å². The Bertz CT molecular complexity index is 65.2. The fraction of sp³-hybridized carbons (Fsp3) is 0.889. The molecule has 1 saturated carbocycles. The molecule has 11 heavy (non-hydrogen) atoms. The van der Waals surface area contributed by atoms with Crippen molar-refractivity contribution in [2.45, 2.75) is 45.4 Å². The molecule has 0 radical (unpaired) electrons. The molecule has 0 amide bonds. The molecule has 0 saturated heterocycles. The van der Waals surface area contributed by atoms with Gasteiger partial charge in [0.1, 0.15) is 0 Å². The van der Waals surface area contributed by atoms with Crippen LogP contribution in [0.2, 0.25) is 0 Å². The van der Waals surface area contributed by atoms with Gasteiger partial charge in [0.25, 0.3) is 0 Å². The Balaban J connectivity index is 0. The maximum atomic E-state index is 2.44. The van der Waals surface area contributed by atoms with Crippen LogP contribution in [-0.4, -0.2) is 0 Å². The van der Waals surface area contributed by atoms with Gasteiger partial charge in [-0.1, -0.05) is 32.6 Å². The predicted octanol–water partition coefficient (Wildman–Crippen LogP) is -2.81. The van der Waals surface area contributed by atoms with Crippen molar-refractivity contribution in [2.75, 3.05) is 0 Å². The second kappa shape index (κ2) is 11.7. The summed E-state index contributed by atoms with van der Waals surface area (Å²) >= 11 is 0. The van der Waals surface area contributed by atoms with E-state index in [1.165, 1.54) is 38.5 Å². The number of hydrogen-bond acceptors (Lipinski definition) is 0. The van der Waals surface area contributed by atoms with Crippen LogP contribution < -0.4 is 116 Å². The number of rotatable bonds is 2. The van der Waals surface area contributed by atoms with Crippen molar-refractivity contribution in [1.29, 1.82) is 0 Å². The molecule has 0 aliphatic heterocycles. The molecule has 0 unspecified atom stereocenters. The minimum Gasteiger partial charge on any atom is -0.328 e. The van der Waals surface area contributed by atoms with Gasteiger partial charge >= 0.3 is 116 Å². The molecule has 0 bridgehead atoms. The minimum atomic E-state index is 0. The van der Waals surface area contributed by atoms with Crippen molar-refractivity contribution in [3.8, 4) is 0 Å². The second-order valence-corrected chi connectivity index (χ2v) is 3.10. The second-order valence-electron chi connectivity index (χ2n) is 3.10. The van der Waals surface area contributed by atoms with Gasteiger partial charge in [-0.25, -0.2) is 0 Å². The molecule has 0 N–H and O–H groups in total. The quantitative estimate of drug-likeness (QED) is 0.483. The molecule has 1 fully saturated rings. The van der Waals surface area contributed by atoms with Crippen LogP contribution >= 0.6 is 0 Å². The van der Waals surface area contributed by atoms with Crippen molar-refractivity contribution in [3.63, 3.8) is 0 Å². The summed E-state index contributed by atoms with van der Waals surface area (Å²) in [5.41, 5.74) is 0. The zero-order chi connectivity index (χ0) is 6.53. The standard InChI is InChI=1S/C9H17.2Rb/c1-2-6-9-7-4-3-5-8-9;;/h3,9H,2,4-8H2,1H3;;/q-1;2*+1. The zero-order valence-electron chi connectivity index (χ0n) is 8.40. The van der Waals surface area contributed by atoms with Gasteiger partial charge in [0.05, 0.1) is 0 Å². The molecular weight excluding hydrogens is 279 g/mol. The molecule has 0 spiro atoms. The molecule has 1 aliphatic rings. The van der Waals surface area contributed by atoms with Crippen LogP contribution in [-0.2, 0) is 0 Å². The summed E-state index contributed by atoms with van der Waals surface area (Å²) in [7, 11) is 0. The Hall–Kier alpha value is 3.61. The Morgan fingerprint density at radius 3 is 2.18 bits per heavy atom. The van der Waals surface area contributed by atoms with Crippen molar-refractivity contribution >= 4 is 0 Å². The van der Waals surface area contributed by atoms with E-state index in [0.717, 1.165) is 5.92 Å². The molecule has 1 aliphatic carbocycles. The first-order valence-electron chi connectivity index (χ1n) is 4.25. The van der Waals surface area contributed by atoms with Crippen LogP contribution in [0.1, 0.15) is 45.4 Å². The summed E-state index contributed by atoms with van der Waals surface area (Å²) in [5, 5.41) is 0. The molecule has 0 heterocycles. The summed E-state index contributed by atoms with van der Waals surface area (Å²) in [6.07, 6.45) is 11.0. The molecule has 0 aromatic rings. The maximum absolute atomic E-state index is 2.44. The average molecular weight is 296 g/mol. The fourth-order valence-corrected chi connectivity index (χ4v) is 1.69. The molecule has 0 aromatic carbocycles. The van der Waals surface area contributed by atoms with E-state index < -0.39 is 0 Å². The smallest absolute Gasteiger partial charge is 0.328 e. The van der Waals surface area contributed by atoms with Gasteiger partial charge in [-0.2, -0.15) is 12.8 Å². The summed E-state index contributed by atoms with van der Waals surface area (Å²) in [6, 6.07) is 0. The van der Waals surface area contributed by atoms with E-state index >= 15 is 0 Å². The Morgan fingerprint density at radius 1 is 1.18 bits per heavy atom. The van der Waals surface area contributed by atoms with E-state index in [2.05, 4.69) is 13.3 Å². The van der Waals surface area contributed by atoms with Crippen molar-refractivity contribution in [1.82, 2.24) is 0 Å². The van der Waals surface area contributed by atoms with E-state index in [-0.39, 0.29) is 116 Å². The van der Waals surface area contributed by atoms with Crippen molar-refractivity contribution in [3.05, 3.63) is 6.42 Å². The average Bonchev–Trinajstić information content (AvgIpc) is 1.91. The van der Waals surface area contributed by atoms with Gasteiger partial charge in [-0.05, 0) is 5.92 Å². The Labute approximate surface area is 169 Å². The summed E-state index contributed by atoms with van der Waals surface area (Å²) in [4.78, 5) is 0. The first-order chi connectivity index (χ1) is 4.43.